The van der Waals surface area contributed by atoms with Gasteiger partial charge in [0, 0.05) is 10.6 Å². The number of rotatable bonds is 2. The highest BCUT2D eigenvalue weighted by molar-refractivity contribution is 5.78. The van der Waals surface area contributed by atoms with E-state index in [0.717, 1.165) is 16.1 Å². The van der Waals surface area contributed by atoms with Crippen molar-refractivity contribution < 1.29 is 0 Å². The Kier molecular flexibility index (Phi) is 4.08. The highest BCUT2D eigenvalue weighted by Crippen LogP contribution is 2.05. The van der Waals surface area contributed by atoms with Crippen molar-refractivity contribution in [3.8, 4) is 0 Å². The number of nitrogens with zero attached hydrogens (tertiary/aromatic N) is 1. The second-order valence-electron chi connectivity index (χ2n) is 4.04. The first-order chi connectivity index (χ1) is 8.85. The van der Waals surface area contributed by atoms with Crippen molar-refractivity contribution in [2.24, 2.45) is 0 Å². The van der Waals surface area contributed by atoms with E-state index in [4.69, 9.17) is 4.98 Å². The van der Waals surface area contributed by atoms with E-state index in [9.17, 15) is 0 Å². The van der Waals surface area contributed by atoms with E-state index in [1.807, 2.05) is 62.4 Å². The van der Waals surface area contributed by atoms with Crippen LogP contribution >= 0.6 is 0 Å². The zero-order valence-electron chi connectivity index (χ0n) is 10.8. The number of benzene rings is 1. The molecular weight excluding hydrogens is 218 g/mol. The minimum Gasteiger partial charge on any atom is -0.248 e. The number of allylic oxidation sites excluding steroid dienone is 4. The molecule has 1 heteroatoms. The maximum atomic E-state index is 4.69. The molecule has 0 aliphatic carbocycles. The van der Waals surface area contributed by atoms with Crippen LogP contribution in [0.1, 0.15) is 13.8 Å². The van der Waals surface area contributed by atoms with Gasteiger partial charge in [-0.15, -0.1) is 0 Å². The second kappa shape index (κ2) is 5.97. The Morgan fingerprint density at radius 2 is 1.67 bits per heavy atom. The fourth-order valence-electron chi connectivity index (χ4n) is 1.80. The van der Waals surface area contributed by atoms with E-state index in [2.05, 4.69) is 18.2 Å². The van der Waals surface area contributed by atoms with E-state index in [0.29, 0.717) is 0 Å². The van der Waals surface area contributed by atoms with Crippen molar-refractivity contribution in [1.29, 1.82) is 0 Å². The fraction of sp³-hybridized carbons (Fsp3) is 0.118. The van der Waals surface area contributed by atoms with E-state index in [-0.39, 0.29) is 0 Å². The smallest absolute Gasteiger partial charge is 0.0709 e. The Hall–Kier alpha value is -2.15. The van der Waals surface area contributed by atoms with Crippen LogP contribution in [0.4, 0.5) is 0 Å². The molecule has 2 rings (SSSR count). The van der Waals surface area contributed by atoms with Crippen LogP contribution in [0.5, 0.6) is 0 Å². The highest BCUT2D eigenvalue weighted by atomic mass is 14.7. The molecule has 1 nitrogen and oxygen atoms in total. The van der Waals surface area contributed by atoms with Crippen LogP contribution in [0, 0.1) is 0 Å². The minimum absolute atomic E-state index is 1.00. The molecule has 90 valence electrons. The van der Waals surface area contributed by atoms with Gasteiger partial charge in [-0.1, -0.05) is 48.6 Å². The molecule has 0 spiro atoms. The van der Waals surface area contributed by atoms with Crippen LogP contribution in [0.25, 0.3) is 23.1 Å². The molecule has 18 heavy (non-hydrogen) atoms. The fourth-order valence-corrected chi connectivity index (χ4v) is 1.80. The lowest BCUT2D eigenvalue weighted by Crippen LogP contribution is -2.27. The van der Waals surface area contributed by atoms with Crippen LogP contribution in [0.2, 0.25) is 0 Å². The van der Waals surface area contributed by atoms with E-state index < -0.39 is 0 Å². The van der Waals surface area contributed by atoms with Gasteiger partial charge in [0.25, 0.3) is 0 Å². The van der Waals surface area contributed by atoms with Gasteiger partial charge in [0.15, 0.2) is 0 Å². The topological polar surface area (TPSA) is 12.9 Å². The Bertz CT molecular complexity index is 643. The van der Waals surface area contributed by atoms with Gasteiger partial charge in [-0.25, -0.2) is 4.98 Å². The van der Waals surface area contributed by atoms with Crippen molar-refractivity contribution in [1.82, 2.24) is 4.98 Å². The molecule has 0 unspecified atom stereocenters. The average Bonchev–Trinajstić information content (AvgIpc) is 2.42. The predicted molar refractivity (Wildman–Crippen MR) is 79.6 cm³/mol. The molecule has 1 aromatic carbocycles. The summed E-state index contributed by atoms with van der Waals surface area (Å²) in [4.78, 5) is 4.69. The van der Waals surface area contributed by atoms with Crippen molar-refractivity contribution in [2.75, 3.05) is 0 Å². The van der Waals surface area contributed by atoms with Gasteiger partial charge in [-0.3, -0.25) is 0 Å². The summed E-state index contributed by atoms with van der Waals surface area (Å²) in [5.41, 5.74) is 1.03. The standard InChI is InChI=1S/C17H17N/c1-3-5-9-14-13-15-10-7-8-12-17(15)18-16(14)11-6-4-2/h3-13H,1-2H3/b5-3+,6-4+,14-9-,16-11+. The number of pyridine rings is 1. The highest BCUT2D eigenvalue weighted by Gasteiger charge is 1.93. The molecular formula is C17H17N. The van der Waals surface area contributed by atoms with Crippen LogP contribution in [-0.4, -0.2) is 4.98 Å². The van der Waals surface area contributed by atoms with Crippen molar-refractivity contribution in [2.45, 2.75) is 13.8 Å². The molecule has 0 amide bonds. The summed E-state index contributed by atoms with van der Waals surface area (Å²) in [7, 11) is 0. The molecule has 0 saturated carbocycles. The Morgan fingerprint density at radius 3 is 2.44 bits per heavy atom. The molecule has 0 atom stereocenters. The molecule has 0 aliphatic heterocycles. The summed E-state index contributed by atoms with van der Waals surface area (Å²) in [5.74, 6) is 0. The summed E-state index contributed by atoms with van der Waals surface area (Å²) < 4.78 is 0. The largest absolute Gasteiger partial charge is 0.248 e. The van der Waals surface area contributed by atoms with Gasteiger partial charge in [0.2, 0.25) is 0 Å². The zero-order valence-corrected chi connectivity index (χ0v) is 10.8. The lowest BCUT2D eigenvalue weighted by molar-refractivity contribution is 1.29. The molecule has 2 aromatic rings. The van der Waals surface area contributed by atoms with Gasteiger partial charge < -0.3 is 0 Å². The van der Waals surface area contributed by atoms with Crippen LogP contribution in [0.15, 0.2) is 54.6 Å². The molecule has 0 radical (unpaired) electrons. The van der Waals surface area contributed by atoms with E-state index in [1.165, 1.54) is 5.39 Å². The number of aromatic nitrogens is 1. The van der Waals surface area contributed by atoms with Crippen LogP contribution < -0.4 is 10.6 Å². The summed E-state index contributed by atoms with van der Waals surface area (Å²) in [6.07, 6.45) is 12.2. The molecule has 0 N–H and O–H groups in total. The van der Waals surface area contributed by atoms with Crippen molar-refractivity contribution in [3.05, 3.63) is 65.2 Å². The summed E-state index contributed by atoms with van der Waals surface area (Å²) in [6.45, 7) is 4.02. The number of hydrogen-bond acceptors (Lipinski definition) is 1. The van der Waals surface area contributed by atoms with Crippen LogP contribution in [0.3, 0.4) is 0 Å². The number of fused-ring (bicyclic) bond motifs is 1. The minimum atomic E-state index is 1.00. The first-order valence-electron chi connectivity index (χ1n) is 6.17. The van der Waals surface area contributed by atoms with E-state index in [1.54, 1.807) is 0 Å². The lowest BCUT2D eigenvalue weighted by Gasteiger charge is -1.97. The Balaban J connectivity index is 2.80. The van der Waals surface area contributed by atoms with Gasteiger partial charge in [0.1, 0.15) is 0 Å². The van der Waals surface area contributed by atoms with Crippen molar-refractivity contribution >= 4 is 23.1 Å². The summed E-state index contributed by atoms with van der Waals surface area (Å²) in [6, 6.07) is 10.4. The van der Waals surface area contributed by atoms with Crippen LogP contribution in [-0.2, 0) is 0 Å². The van der Waals surface area contributed by atoms with Gasteiger partial charge in [-0.05, 0) is 32.1 Å². The third-order valence-corrected chi connectivity index (χ3v) is 2.70. The predicted octanol–water partition coefficient (Wildman–Crippen LogP) is 2.95. The Labute approximate surface area is 107 Å². The third kappa shape index (κ3) is 2.75. The number of para-hydroxylation sites is 1. The summed E-state index contributed by atoms with van der Waals surface area (Å²) >= 11 is 0. The number of hydrogen-bond donors (Lipinski definition) is 0. The molecule has 1 heterocycles. The third-order valence-electron chi connectivity index (χ3n) is 2.70. The van der Waals surface area contributed by atoms with E-state index >= 15 is 0 Å². The normalized spacial score (nSPS) is 14.3. The molecule has 0 saturated heterocycles. The maximum Gasteiger partial charge on any atom is 0.0709 e. The first-order valence-corrected chi connectivity index (χ1v) is 6.17. The molecule has 1 aromatic heterocycles. The summed E-state index contributed by atoms with van der Waals surface area (Å²) in [5, 5.41) is 3.32. The average molecular weight is 235 g/mol. The van der Waals surface area contributed by atoms with Crippen molar-refractivity contribution in [3.63, 3.8) is 0 Å². The zero-order chi connectivity index (χ0) is 12.8. The maximum absolute atomic E-state index is 4.69. The van der Waals surface area contributed by atoms with Gasteiger partial charge in [0.05, 0.1) is 10.9 Å². The monoisotopic (exact) mass is 235 g/mol. The SMILES string of the molecule is C/C=C/C=c1/cc2ccccc2n/c1=C/C=C/C. The quantitative estimate of drug-likeness (QED) is 0.780. The van der Waals surface area contributed by atoms with Gasteiger partial charge >= 0.3 is 0 Å². The first kappa shape index (κ1) is 12.3. The lowest BCUT2D eigenvalue weighted by atomic mass is 10.2. The Morgan fingerprint density at radius 1 is 0.944 bits per heavy atom. The molecule has 0 bridgehead atoms. The molecule has 0 aliphatic rings. The second-order valence-corrected chi connectivity index (χ2v) is 4.04. The molecule has 0 fully saturated rings. The van der Waals surface area contributed by atoms with Gasteiger partial charge in [-0.2, -0.15) is 0 Å².